The van der Waals surface area contributed by atoms with Gasteiger partial charge in [0.05, 0.1) is 68.4 Å². The lowest BCUT2D eigenvalue weighted by Crippen LogP contribution is -2.31. The van der Waals surface area contributed by atoms with E-state index in [0.29, 0.717) is 49.8 Å². The highest BCUT2D eigenvalue weighted by atomic mass is 35.5. The van der Waals surface area contributed by atoms with Crippen molar-refractivity contribution in [2.24, 2.45) is 11.8 Å². The van der Waals surface area contributed by atoms with Crippen LogP contribution in [0, 0.1) is 11.8 Å². The van der Waals surface area contributed by atoms with Gasteiger partial charge in [-0.1, -0.05) is 7.43 Å². The van der Waals surface area contributed by atoms with Gasteiger partial charge in [0.2, 0.25) is 0 Å². The molecule has 0 radical (unpaired) electrons. The molecule has 0 saturated carbocycles. The molecule has 0 amide bonds. The molecule has 0 bridgehead atoms. The normalized spacial score (nSPS) is 20.6. The summed E-state index contributed by atoms with van der Waals surface area (Å²) in [6, 6.07) is 0. The molecule has 1 heterocycles. The lowest BCUT2D eigenvalue weighted by Gasteiger charge is -2.25. The fraction of sp³-hybridized carbons (Fsp3) is 1.00. The largest absolute Gasteiger partial charge is 1.00 e. The number of rotatable bonds is 19. The van der Waals surface area contributed by atoms with Gasteiger partial charge in [-0.2, -0.15) is 0 Å². The number of hydrogen-bond donors (Lipinski definition) is 4. The van der Waals surface area contributed by atoms with E-state index in [-0.39, 0.29) is 44.7 Å². The predicted octanol–water partition coefficient (Wildman–Crippen LogP) is 5.39. The molecule has 1 fully saturated rings. The Kier molecular flexibility index (Phi) is 32.5. The van der Waals surface area contributed by atoms with Gasteiger partial charge >= 0.3 is 1.43 Å². The van der Waals surface area contributed by atoms with Crippen LogP contribution in [0.3, 0.4) is 0 Å². The maximum absolute atomic E-state index is 9.54. The molecule has 0 aromatic carbocycles. The third-order valence-corrected chi connectivity index (χ3v) is 7.66. The molecule has 38 heavy (non-hydrogen) atoms. The fourth-order valence-corrected chi connectivity index (χ4v) is 3.40. The first-order valence-electron chi connectivity index (χ1n) is 12.8. The summed E-state index contributed by atoms with van der Waals surface area (Å²) in [6.45, 7) is 8.95. The van der Waals surface area contributed by atoms with Crippen LogP contribution in [0.25, 0.3) is 0 Å². The van der Waals surface area contributed by atoms with Gasteiger partial charge < -0.3 is 34.6 Å². The maximum Gasteiger partial charge on any atom is 1.00 e. The highest BCUT2D eigenvalue weighted by Gasteiger charge is 2.20. The molecule has 0 spiro atoms. The zero-order valence-electron chi connectivity index (χ0n) is 23.6. The molecule has 9 atom stereocenters. The van der Waals surface area contributed by atoms with Crippen LogP contribution in [0.4, 0.5) is 0 Å². The van der Waals surface area contributed by atoms with E-state index in [4.69, 9.17) is 82.4 Å². The summed E-state index contributed by atoms with van der Waals surface area (Å²) in [4.78, 5) is 0. The van der Waals surface area contributed by atoms with E-state index in [1.165, 1.54) is 0 Å². The first-order valence-corrected chi connectivity index (χ1v) is 15.5. The van der Waals surface area contributed by atoms with Crippen molar-refractivity contribution in [1.29, 1.82) is 0 Å². The molecule has 0 aromatic rings. The Hall–Kier alpha value is 1.17. The maximum atomic E-state index is 9.54. The van der Waals surface area contributed by atoms with Gasteiger partial charge in [0.25, 0.3) is 0 Å². The van der Waals surface area contributed by atoms with Crippen molar-refractivity contribution in [1.82, 2.24) is 0 Å². The topological polar surface area (TPSA) is 112 Å². The summed E-state index contributed by atoms with van der Waals surface area (Å²) in [5.74, 6) is 2.46. The number of halogens is 5. The minimum absolute atomic E-state index is 0. The van der Waals surface area contributed by atoms with Crippen LogP contribution < -0.4 is 0 Å². The SMILES string of the molecule is C.CC(O)C(C)O.CC(OCC(CCl)CCC(O)CCl)C(C)OCC(CCl)CCC(O)CCl.ClCC1CO1.[H+]. The predicted molar refractivity (Wildman–Crippen MR) is 163 cm³/mol. The highest BCUT2D eigenvalue weighted by Crippen LogP contribution is 2.17. The number of ether oxygens (including phenoxy) is 3. The average molecular weight is 656 g/mol. The molecule has 1 aliphatic rings. The number of alkyl halides is 5. The molecule has 1 saturated heterocycles. The van der Waals surface area contributed by atoms with Crippen LogP contribution in [0.2, 0.25) is 0 Å². The third kappa shape index (κ3) is 27.3. The molecule has 234 valence electrons. The van der Waals surface area contributed by atoms with Crippen LogP contribution in [0.5, 0.6) is 0 Å². The second kappa shape index (κ2) is 28.3. The standard InChI is InChI=1S/C18H34Cl4O4.C4H10O2.C3H5ClO.CH4/c1-13(25-11-15(7-19)3-5-17(23)9-21)14(2)26-12-16(8-20)4-6-18(24)10-22;1-3(5)4(2)6;4-1-3-2-5-3;/h13-18,23-24H,3-12H2,1-2H3;3-6H,1-2H3;3H,1-2H2;1H4/p+1. The van der Waals surface area contributed by atoms with Gasteiger partial charge in [0.15, 0.2) is 0 Å². The molecule has 0 aromatic heterocycles. The minimum Gasteiger partial charge on any atom is -0.392 e. The van der Waals surface area contributed by atoms with E-state index in [2.05, 4.69) is 0 Å². The van der Waals surface area contributed by atoms with Crippen molar-refractivity contribution >= 4 is 58.0 Å². The smallest absolute Gasteiger partial charge is 0.392 e. The van der Waals surface area contributed by atoms with Crippen molar-refractivity contribution in [2.45, 2.75) is 104 Å². The Bertz CT molecular complexity index is 462. The summed E-state index contributed by atoms with van der Waals surface area (Å²) in [5, 5.41) is 35.8. The molecule has 4 N–H and O–H groups in total. The van der Waals surface area contributed by atoms with Crippen LogP contribution in [-0.2, 0) is 14.2 Å². The summed E-state index contributed by atoms with van der Waals surface area (Å²) < 4.78 is 16.5. The first-order chi connectivity index (χ1) is 17.4. The van der Waals surface area contributed by atoms with Crippen molar-refractivity contribution < 1.29 is 36.1 Å². The van der Waals surface area contributed by atoms with Crippen molar-refractivity contribution in [3.05, 3.63) is 0 Å². The van der Waals surface area contributed by atoms with Crippen LogP contribution >= 0.6 is 58.0 Å². The number of aliphatic hydroxyl groups excluding tert-OH is 4. The number of aliphatic hydroxyl groups is 4. The molecule has 9 unspecified atom stereocenters. The third-order valence-electron chi connectivity index (χ3n) is 5.73. The summed E-state index contributed by atoms with van der Waals surface area (Å²) in [5.41, 5.74) is 0. The van der Waals surface area contributed by atoms with Crippen LogP contribution in [0.1, 0.15) is 62.2 Å². The Morgan fingerprint density at radius 3 is 1.21 bits per heavy atom. The summed E-state index contributed by atoms with van der Waals surface area (Å²) >= 11 is 28.4. The van der Waals surface area contributed by atoms with Gasteiger partial charge in [-0.25, -0.2) is 0 Å². The Morgan fingerprint density at radius 2 is 1.03 bits per heavy atom. The van der Waals surface area contributed by atoms with E-state index in [0.717, 1.165) is 19.4 Å². The Balaban J connectivity index is -0.000000389. The summed E-state index contributed by atoms with van der Waals surface area (Å²) in [7, 11) is 0. The quantitative estimate of drug-likeness (QED) is 0.109. The molecule has 0 aliphatic carbocycles. The van der Waals surface area contributed by atoms with Gasteiger partial charge in [-0.3, -0.25) is 0 Å². The lowest BCUT2D eigenvalue weighted by atomic mass is 10.0. The highest BCUT2D eigenvalue weighted by molar-refractivity contribution is 6.19. The number of epoxide rings is 1. The van der Waals surface area contributed by atoms with E-state index in [9.17, 15) is 10.2 Å². The zero-order valence-corrected chi connectivity index (χ0v) is 26.4. The van der Waals surface area contributed by atoms with Crippen LogP contribution in [0.15, 0.2) is 0 Å². The Labute approximate surface area is 257 Å². The van der Waals surface area contributed by atoms with Gasteiger partial charge in [0.1, 0.15) is 0 Å². The van der Waals surface area contributed by atoms with E-state index < -0.39 is 24.4 Å². The van der Waals surface area contributed by atoms with Crippen molar-refractivity contribution in [3.63, 3.8) is 0 Å². The molecule has 12 heteroatoms. The second-order valence-electron chi connectivity index (χ2n) is 9.48. The number of hydrogen-bond acceptors (Lipinski definition) is 7. The first kappa shape index (κ1) is 43.6. The molecule has 1 aliphatic heterocycles. The van der Waals surface area contributed by atoms with Crippen molar-refractivity contribution in [3.8, 4) is 0 Å². The van der Waals surface area contributed by atoms with E-state index >= 15 is 0 Å². The van der Waals surface area contributed by atoms with E-state index in [1.807, 2.05) is 13.8 Å². The molecule has 7 nitrogen and oxygen atoms in total. The van der Waals surface area contributed by atoms with Gasteiger partial charge in [0, 0.05) is 23.5 Å². The van der Waals surface area contributed by atoms with Gasteiger partial charge in [-0.15, -0.1) is 58.0 Å². The summed E-state index contributed by atoms with van der Waals surface area (Å²) in [6.07, 6.45) is 0.858. The average Bonchev–Trinajstić information content (AvgIpc) is 3.73. The lowest BCUT2D eigenvalue weighted by molar-refractivity contribution is -0.0720. The molecular formula is C26H54Cl5O7+. The van der Waals surface area contributed by atoms with Crippen LogP contribution in [-0.4, -0.2) is 112 Å². The second-order valence-corrected chi connectivity index (χ2v) is 11.0. The monoisotopic (exact) mass is 653 g/mol. The molecule has 1 rings (SSSR count). The fourth-order valence-electron chi connectivity index (χ4n) is 2.42. The van der Waals surface area contributed by atoms with Crippen molar-refractivity contribution in [2.75, 3.05) is 49.2 Å². The zero-order chi connectivity index (χ0) is 28.8. The minimum atomic E-state index is -0.593. The van der Waals surface area contributed by atoms with E-state index in [1.54, 1.807) is 13.8 Å². The molecular weight excluding hydrogens is 602 g/mol. The van der Waals surface area contributed by atoms with Gasteiger partial charge in [-0.05, 0) is 65.2 Å². The Morgan fingerprint density at radius 1 is 0.684 bits per heavy atom.